The molecule has 0 N–H and O–H groups in total. The van der Waals surface area contributed by atoms with Crippen molar-refractivity contribution in [2.45, 2.75) is 6.54 Å². The van der Waals surface area contributed by atoms with Crippen molar-refractivity contribution in [1.82, 2.24) is 9.55 Å². The fourth-order valence-corrected chi connectivity index (χ4v) is 2.51. The van der Waals surface area contributed by atoms with E-state index in [0.717, 1.165) is 22.9 Å². The SMILES string of the molecule is COc1ccc(Cn2c(C=O)nc3ccccc32)cc1OC. The predicted octanol–water partition coefficient (Wildman–Crippen LogP) is 2.91. The average Bonchev–Trinajstić information content (AvgIpc) is 2.92. The topological polar surface area (TPSA) is 53.4 Å². The van der Waals surface area contributed by atoms with Crippen molar-refractivity contribution in [1.29, 1.82) is 0 Å². The maximum absolute atomic E-state index is 11.3. The second-order valence-corrected chi connectivity index (χ2v) is 4.85. The number of carbonyl (C=O) groups excluding carboxylic acids is 1. The first-order valence-electron chi connectivity index (χ1n) is 6.88. The van der Waals surface area contributed by atoms with E-state index in [9.17, 15) is 4.79 Å². The van der Waals surface area contributed by atoms with E-state index in [-0.39, 0.29) is 0 Å². The first-order chi connectivity index (χ1) is 10.8. The van der Waals surface area contributed by atoms with Gasteiger partial charge in [0, 0.05) is 6.54 Å². The summed E-state index contributed by atoms with van der Waals surface area (Å²) in [4.78, 5) is 15.6. The van der Waals surface area contributed by atoms with Gasteiger partial charge in [-0.3, -0.25) is 4.79 Å². The molecule has 0 atom stereocenters. The van der Waals surface area contributed by atoms with Crippen molar-refractivity contribution in [2.24, 2.45) is 0 Å². The number of hydrogen-bond donors (Lipinski definition) is 0. The van der Waals surface area contributed by atoms with Crippen LogP contribution in [0.5, 0.6) is 11.5 Å². The van der Waals surface area contributed by atoms with Gasteiger partial charge in [0.05, 0.1) is 25.3 Å². The van der Waals surface area contributed by atoms with Gasteiger partial charge in [0.1, 0.15) is 0 Å². The third kappa shape index (κ3) is 2.41. The highest BCUT2D eigenvalue weighted by molar-refractivity contribution is 5.83. The molecule has 0 fully saturated rings. The van der Waals surface area contributed by atoms with Crippen LogP contribution in [0.25, 0.3) is 11.0 Å². The highest BCUT2D eigenvalue weighted by Gasteiger charge is 2.11. The van der Waals surface area contributed by atoms with Crippen LogP contribution in [0.3, 0.4) is 0 Å². The van der Waals surface area contributed by atoms with Crippen LogP contribution in [0, 0.1) is 0 Å². The minimum Gasteiger partial charge on any atom is -0.493 e. The highest BCUT2D eigenvalue weighted by Crippen LogP contribution is 2.28. The van der Waals surface area contributed by atoms with Crippen LogP contribution < -0.4 is 9.47 Å². The van der Waals surface area contributed by atoms with Gasteiger partial charge in [-0.15, -0.1) is 0 Å². The Balaban J connectivity index is 2.04. The van der Waals surface area contributed by atoms with E-state index in [4.69, 9.17) is 9.47 Å². The average molecular weight is 296 g/mol. The zero-order valence-corrected chi connectivity index (χ0v) is 12.4. The number of aromatic nitrogens is 2. The molecule has 3 aromatic rings. The molecule has 112 valence electrons. The van der Waals surface area contributed by atoms with Crippen LogP contribution in [-0.2, 0) is 6.54 Å². The summed E-state index contributed by atoms with van der Waals surface area (Å²) in [6.45, 7) is 0.537. The molecule has 0 unspecified atom stereocenters. The Morgan fingerprint density at radius 3 is 2.59 bits per heavy atom. The summed E-state index contributed by atoms with van der Waals surface area (Å²) in [6.07, 6.45) is 0.779. The summed E-state index contributed by atoms with van der Waals surface area (Å²) in [7, 11) is 3.20. The molecule has 0 amide bonds. The molecule has 0 spiro atoms. The first-order valence-corrected chi connectivity index (χ1v) is 6.88. The van der Waals surface area contributed by atoms with Crippen molar-refractivity contribution in [3.05, 3.63) is 53.9 Å². The molecule has 0 aliphatic heterocycles. The summed E-state index contributed by atoms with van der Waals surface area (Å²) in [5.74, 6) is 1.76. The van der Waals surface area contributed by atoms with Gasteiger partial charge >= 0.3 is 0 Å². The smallest absolute Gasteiger partial charge is 0.185 e. The standard InChI is InChI=1S/C17H16N2O3/c1-21-15-8-7-12(9-16(15)22-2)10-19-14-6-4-3-5-13(14)18-17(19)11-20/h3-9,11H,10H2,1-2H3. The number of benzene rings is 2. The van der Waals surface area contributed by atoms with E-state index in [2.05, 4.69) is 4.98 Å². The van der Waals surface area contributed by atoms with Gasteiger partial charge in [0.2, 0.25) is 0 Å². The maximum atomic E-state index is 11.3. The fourth-order valence-electron chi connectivity index (χ4n) is 2.51. The molecule has 2 aromatic carbocycles. The van der Waals surface area contributed by atoms with Crippen LogP contribution in [0.15, 0.2) is 42.5 Å². The number of carbonyl (C=O) groups is 1. The lowest BCUT2D eigenvalue weighted by Crippen LogP contribution is -2.05. The number of nitrogens with zero attached hydrogens (tertiary/aromatic N) is 2. The van der Waals surface area contributed by atoms with E-state index < -0.39 is 0 Å². The minimum absolute atomic E-state index is 0.413. The molecule has 1 heterocycles. The summed E-state index contributed by atoms with van der Waals surface area (Å²) in [5, 5.41) is 0. The number of ether oxygens (including phenoxy) is 2. The minimum atomic E-state index is 0.413. The van der Waals surface area contributed by atoms with E-state index in [1.807, 2.05) is 47.0 Å². The van der Waals surface area contributed by atoms with Crippen LogP contribution in [0.1, 0.15) is 16.2 Å². The van der Waals surface area contributed by atoms with Crippen molar-refractivity contribution < 1.29 is 14.3 Å². The van der Waals surface area contributed by atoms with Gasteiger partial charge in [-0.2, -0.15) is 0 Å². The monoisotopic (exact) mass is 296 g/mol. The second-order valence-electron chi connectivity index (χ2n) is 4.85. The molecule has 3 rings (SSSR count). The number of rotatable bonds is 5. The Bertz CT molecular complexity index is 824. The van der Waals surface area contributed by atoms with E-state index in [1.165, 1.54) is 0 Å². The Morgan fingerprint density at radius 2 is 1.86 bits per heavy atom. The van der Waals surface area contributed by atoms with Crippen LogP contribution in [0.4, 0.5) is 0 Å². The molecular formula is C17H16N2O3. The molecule has 0 radical (unpaired) electrons. The van der Waals surface area contributed by atoms with Gasteiger partial charge in [0.15, 0.2) is 23.6 Å². The first kappa shape index (κ1) is 14.1. The van der Waals surface area contributed by atoms with Crippen molar-refractivity contribution in [2.75, 3.05) is 14.2 Å². The molecule has 0 saturated carbocycles. The molecular weight excluding hydrogens is 280 g/mol. The lowest BCUT2D eigenvalue weighted by molar-refractivity contribution is 0.111. The molecule has 0 saturated heterocycles. The fraction of sp³-hybridized carbons (Fsp3) is 0.176. The van der Waals surface area contributed by atoms with Gasteiger partial charge in [-0.25, -0.2) is 4.98 Å². The maximum Gasteiger partial charge on any atom is 0.185 e. The van der Waals surface area contributed by atoms with Gasteiger partial charge < -0.3 is 14.0 Å². The van der Waals surface area contributed by atoms with E-state index in [0.29, 0.717) is 23.9 Å². The van der Waals surface area contributed by atoms with Crippen molar-refractivity contribution in [3.8, 4) is 11.5 Å². The quantitative estimate of drug-likeness (QED) is 0.679. The van der Waals surface area contributed by atoms with Crippen LogP contribution >= 0.6 is 0 Å². The molecule has 1 aromatic heterocycles. The number of fused-ring (bicyclic) bond motifs is 1. The summed E-state index contributed by atoms with van der Waals surface area (Å²) in [5.41, 5.74) is 2.74. The van der Waals surface area contributed by atoms with Crippen molar-refractivity contribution in [3.63, 3.8) is 0 Å². The summed E-state index contributed by atoms with van der Waals surface area (Å²) in [6, 6.07) is 13.4. The number of para-hydroxylation sites is 2. The van der Waals surface area contributed by atoms with Gasteiger partial charge in [-0.05, 0) is 29.8 Å². The molecule has 0 aliphatic carbocycles. The number of aldehydes is 1. The Labute approximate surface area is 128 Å². The van der Waals surface area contributed by atoms with Crippen LogP contribution in [-0.4, -0.2) is 30.1 Å². The molecule has 0 bridgehead atoms. The van der Waals surface area contributed by atoms with Gasteiger partial charge in [0.25, 0.3) is 0 Å². The Kier molecular flexibility index (Phi) is 3.78. The lowest BCUT2D eigenvalue weighted by atomic mass is 10.2. The molecule has 5 heteroatoms. The third-order valence-corrected chi connectivity index (χ3v) is 3.58. The Morgan fingerprint density at radius 1 is 1.09 bits per heavy atom. The number of methoxy groups -OCH3 is 2. The summed E-state index contributed by atoms with van der Waals surface area (Å²) >= 11 is 0. The zero-order valence-electron chi connectivity index (χ0n) is 12.4. The molecule has 0 aliphatic rings. The third-order valence-electron chi connectivity index (χ3n) is 3.58. The van der Waals surface area contributed by atoms with E-state index >= 15 is 0 Å². The number of imidazole rings is 1. The second kappa shape index (κ2) is 5.89. The van der Waals surface area contributed by atoms with Gasteiger partial charge in [-0.1, -0.05) is 18.2 Å². The normalized spacial score (nSPS) is 10.6. The van der Waals surface area contributed by atoms with Crippen molar-refractivity contribution >= 4 is 17.3 Å². The lowest BCUT2D eigenvalue weighted by Gasteiger charge is -2.11. The predicted molar refractivity (Wildman–Crippen MR) is 83.8 cm³/mol. The van der Waals surface area contributed by atoms with E-state index in [1.54, 1.807) is 14.2 Å². The molecule has 22 heavy (non-hydrogen) atoms. The number of hydrogen-bond acceptors (Lipinski definition) is 4. The summed E-state index contributed by atoms with van der Waals surface area (Å²) < 4.78 is 12.5. The Hall–Kier alpha value is -2.82. The van der Waals surface area contributed by atoms with Crippen LogP contribution in [0.2, 0.25) is 0 Å². The molecule has 5 nitrogen and oxygen atoms in total. The zero-order chi connectivity index (χ0) is 15.5. The largest absolute Gasteiger partial charge is 0.493 e. The highest BCUT2D eigenvalue weighted by atomic mass is 16.5.